The van der Waals surface area contributed by atoms with E-state index in [1.807, 2.05) is 4.98 Å². The zero-order chi connectivity index (χ0) is 29.8. The molecule has 7 N–H and O–H groups in total. The number of esters is 1. The molecule has 1 aliphatic rings. The third kappa shape index (κ3) is 6.63. The number of aromatic amines is 1. The standard InChI is InChI=1S/C24H32FN4O10P/c1-13(2)37-20(31)16(27)9-15-8-14(11-26)4-5-17(15)39-40(35)36-12-24(34)18(10-25)38-21(23(24,3)33)29-7-6-19(30)28-22(29)32/h4-8,13,16,18,21,33-34H,9-12,26-27H2,1-3H3/p+1. The van der Waals surface area contributed by atoms with Crippen LogP contribution in [0.1, 0.15) is 38.1 Å². The van der Waals surface area contributed by atoms with Gasteiger partial charge in [-0.1, -0.05) is 12.1 Å². The molecule has 6 atom stereocenters. The summed E-state index contributed by atoms with van der Waals surface area (Å²) >= 11 is 0. The predicted octanol–water partition coefficient (Wildman–Crippen LogP) is -0.0813. The first-order valence-corrected chi connectivity index (χ1v) is 13.4. The number of carbonyl (C=O) groups excluding carboxylic acids is 1. The van der Waals surface area contributed by atoms with E-state index in [2.05, 4.69) is 0 Å². The summed E-state index contributed by atoms with van der Waals surface area (Å²) in [7, 11) is -3.04. The van der Waals surface area contributed by atoms with Gasteiger partial charge in [-0.3, -0.25) is 19.1 Å². The molecule has 0 saturated carbocycles. The average molecular weight is 588 g/mol. The van der Waals surface area contributed by atoms with Crippen molar-refractivity contribution in [3.63, 3.8) is 0 Å². The molecule has 1 aliphatic heterocycles. The van der Waals surface area contributed by atoms with Crippen LogP contribution < -0.4 is 27.2 Å². The second-order valence-electron chi connectivity index (χ2n) is 9.75. The minimum absolute atomic E-state index is 0.0345. The smallest absolute Gasteiger partial charge is 0.462 e. The van der Waals surface area contributed by atoms with Gasteiger partial charge < -0.3 is 31.2 Å². The number of hydrogen-bond acceptors (Lipinski definition) is 12. The van der Waals surface area contributed by atoms with Crippen LogP contribution >= 0.6 is 8.25 Å². The summed E-state index contributed by atoms with van der Waals surface area (Å²) in [6, 6.07) is 4.55. The molecule has 6 unspecified atom stereocenters. The first-order valence-electron chi connectivity index (χ1n) is 12.3. The van der Waals surface area contributed by atoms with Crippen LogP contribution in [0.3, 0.4) is 0 Å². The van der Waals surface area contributed by atoms with Gasteiger partial charge >= 0.3 is 19.9 Å². The molecule has 40 heavy (non-hydrogen) atoms. The number of rotatable bonds is 12. The van der Waals surface area contributed by atoms with E-state index in [4.69, 9.17) is 30.0 Å². The predicted molar refractivity (Wildman–Crippen MR) is 138 cm³/mol. The van der Waals surface area contributed by atoms with E-state index >= 15 is 0 Å². The molecule has 0 aliphatic carbocycles. The number of hydrogen-bond donors (Lipinski definition) is 5. The fourth-order valence-corrected chi connectivity index (χ4v) is 4.89. The lowest BCUT2D eigenvalue weighted by Gasteiger charge is -2.36. The number of carbonyl (C=O) groups is 1. The number of nitrogens with zero attached hydrogens (tertiary/aromatic N) is 1. The number of halogens is 1. The van der Waals surface area contributed by atoms with E-state index in [0.29, 0.717) is 11.1 Å². The van der Waals surface area contributed by atoms with Crippen molar-refractivity contribution < 1.29 is 42.5 Å². The van der Waals surface area contributed by atoms with E-state index in [1.165, 1.54) is 6.07 Å². The van der Waals surface area contributed by atoms with Gasteiger partial charge in [0.15, 0.2) is 17.6 Å². The highest BCUT2D eigenvalue weighted by Crippen LogP contribution is 2.46. The fourth-order valence-electron chi connectivity index (χ4n) is 4.20. The lowest BCUT2D eigenvalue weighted by Crippen LogP contribution is -2.60. The maximum absolute atomic E-state index is 13.9. The van der Waals surface area contributed by atoms with E-state index in [1.54, 1.807) is 26.0 Å². The largest absolute Gasteiger partial charge is 0.750 e. The molecule has 14 nitrogen and oxygen atoms in total. The lowest BCUT2D eigenvalue weighted by molar-refractivity contribution is -0.159. The van der Waals surface area contributed by atoms with Crippen molar-refractivity contribution in [3.8, 4) is 5.75 Å². The number of aliphatic hydroxyl groups is 2. The molecular formula is C24H33FN4O10P+. The molecule has 2 aromatic rings. The van der Waals surface area contributed by atoms with Crippen LogP contribution in [-0.4, -0.2) is 68.5 Å². The fraction of sp³-hybridized carbons (Fsp3) is 0.542. The summed E-state index contributed by atoms with van der Waals surface area (Å²) in [4.78, 5) is 37.8. The third-order valence-electron chi connectivity index (χ3n) is 6.45. The maximum Gasteiger partial charge on any atom is 0.750 e. The lowest BCUT2D eigenvalue weighted by atomic mass is 9.82. The molecular weight excluding hydrogens is 554 g/mol. The summed E-state index contributed by atoms with van der Waals surface area (Å²) in [5.41, 5.74) is 6.15. The minimum Gasteiger partial charge on any atom is -0.462 e. The van der Waals surface area contributed by atoms with Crippen LogP contribution in [-0.2, 0) is 36.3 Å². The van der Waals surface area contributed by atoms with Crippen molar-refractivity contribution in [2.75, 3.05) is 13.3 Å². The molecule has 0 bridgehead atoms. The van der Waals surface area contributed by atoms with Gasteiger partial charge in [-0.25, -0.2) is 13.7 Å². The summed E-state index contributed by atoms with van der Waals surface area (Å²) in [6.45, 7) is 2.33. The Morgan fingerprint density at radius 2 is 2.00 bits per heavy atom. The van der Waals surface area contributed by atoms with Crippen LogP contribution in [0.25, 0.3) is 0 Å². The normalized spacial score (nSPS) is 25.6. The van der Waals surface area contributed by atoms with Gasteiger partial charge in [-0.2, -0.15) is 0 Å². The quantitative estimate of drug-likeness (QED) is 0.163. The van der Waals surface area contributed by atoms with Gasteiger partial charge in [0.1, 0.15) is 31.0 Å². The molecule has 1 fully saturated rings. The zero-order valence-corrected chi connectivity index (χ0v) is 23.0. The monoisotopic (exact) mass is 587 g/mol. The third-order valence-corrected chi connectivity index (χ3v) is 7.13. The Morgan fingerprint density at radius 3 is 2.60 bits per heavy atom. The second-order valence-corrected chi connectivity index (χ2v) is 10.6. The molecule has 220 valence electrons. The van der Waals surface area contributed by atoms with Gasteiger partial charge in [0, 0.05) is 35.4 Å². The molecule has 3 rings (SSSR count). The number of ether oxygens (including phenoxy) is 2. The highest BCUT2D eigenvalue weighted by atomic mass is 31.1. The van der Waals surface area contributed by atoms with E-state index < -0.39 is 68.3 Å². The van der Waals surface area contributed by atoms with E-state index in [9.17, 15) is 33.6 Å². The molecule has 0 radical (unpaired) electrons. The topological polar surface area (TPSA) is 218 Å². The Morgan fingerprint density at radius 1 is 1.30 bits per heavy atom. The van der Waals surface area contributed by atoms with Gasteiger partial charge in [0.2, 0.25) is 0 Å². The van der Waals surface area contributed by atoms with Gasteiger partial charge in [-0.05, 0) is 32.4 Å². The maximum atomic E-state index is 13.9. The van der Waals surface area contributed by atoms with Gasteiger partial charge in [-0.15, -0.1) is 4.52 Å². The molecule has 1 aromatic carbocycles. The number of alkyl halides is 1. The van der Waals surface area contributed by atoms with Gasteiger partial charge in [0.25, 0.3) is 5.56 Å². The zero-order valence-electron chi connectivity index (χ0n) is 22.1. The number of nitrogens with one attached hydrogen (secondary N) is 1. The number of nitrogens with two attached hydrogens (primary N) is 2. The Kier molecular flexibility index (Phi) is 9.95. The van der Waals surface area contributed by atoms with Crippen LogP contribution in [0.15, 0.2) is 40.1 Å². The van der Waals surface area contributed by atoms with Crippen LogP contribution in [0, 0.1) is 0 Å². The summed E-state index contributed by atoms with van der Waals surface area (Å²) in [6.07, 6.45) is -2.76. The minimum atomic E-state index is -3.04. The summed E-state index contributed by atoms with van der Waals surface area (Å²) in [5, 5.41) is 22.4. The molecule has 1 aromatic heterocycles. The van der Waals surface area contributed by atoms with Crippen LogP contribution in [0.4, 0.5) is 4.39 Å². The van der Waals surface area contributed by atoms with Crippen molar-refractivity contribution >= 4 is 14.2 Å². The summed E-state index contributed by atoms with van der Waals surface area (Å²) < 4.78 is 48.6. The first kappa shape index (κ1) is 31.5. The summed E-state index contributed by atoms with van der Waals surface area (Å²) in [5.74, 6) is -0.619. The molecule has 1 saturated heterocycles. The van der Waals surface area contributed by atoms with Crippen molar-refractivity contribution in [1.82, 2.24) is 9.55 Å². The highest BCUT2D eigenvalue weighted by molar-refractivity contribution is 7.33. The Labute approximate surface area is 228 Å². The molecule has 2 heterocycles. The number of H-pyrrole nitrogens is 1. The average Bonchev–Trinajstić information content (AvgIpc) is 3.08. The van der Waals surface area contributed by atoms with Crippen molar-refractivity contribution in [2.24, 2.45) is 11.5 Å². The second kappa shape index (κ2) is 12.6. The van der Waals surface area contributed by atoms with Crippen molar-refractivity contribution in [3.05, 3.63) is 62.4 Å². The van der Waals surface area contributed by atoms with Crippen LogP contribution in [0.5, 0.6) is 5.75 Å². The Hall–Kier alpha value is -3.04. The van der Waals surface area contributed by atoms with E-state index in [0.717, 1.165) is 23.8 Å². The van der Waals surface area contributed by atoms with Crippen molar-refractivity contribution in [1.29, 1.82) is 0 Å². The SMILES string of the molecule is CC(C)OC(=O)C(N)Cc1cc(CN)ccc1O[P+](=O)OCC1(O)C(CF)OC(n2ccc(=O)[nH]c2=O)C1(C)O. The molecule has 0 spiro atoms. The molecule has 16 heteroatoms. The van der Waals surface area contributed by atoms with E-state index in [-0.39, 0.29) is 24.8 Å². The first-order chi connectivity index (χ1) is 18.7. The van der Waals surface area contributed by atoms with Crippen molar-refractivity contribution in [2.45, 2.75) is 69.4 Å². The van der Waals surface area contributed by atoms with Gasteiger partial charge in [0.05, 0.1) is 6.10 Å². The van der Waals surface area contributed by atoms with Crippen LogP contribution in [0.2, 0.25) is 0 Å². The number of aromatic nitrogens is 2. The molecule has 0 amide bonds. The Bertz CT molecular complexity index is 1350. The Balaban J connectivity index is 1.78. The highest BCUT2D eigenvalue weighted by Gasteiger charge is 2.65. The number of benzene rings is 1.